The molecule has 0 N–H and O–H groups in total. The Kier molecular flexibility index (Phi) is 25.2. The van der Waals surface area contributed by atoms with Gasteiger partial charge >= 0.3 is 23.1 Å². The minimum Gasteiger partial charge on any atom is -0.308 e. The van der Waals surface area contributed by atoms with Gasteiger partial charge in [0.15, 0.2) is 0 Å². The van der Waals surface area contributed by atoms with Gasteiger partial charge in [-0.25, -0.2) is 0 Å². The zero-order chi connectivity index (χ0) is 12.0. The van der Waals surface area contributed by atoms with Crippen LogP contribution < -0.4 is 0 Å². The van der Waals surface area contributed by atoms with Gasteiger partial charge in [0.25, 0.3) is 0 Å². The van der Waals surface area contributed by atoms with Gasteiger partial charge in [0.1, 0.15) is 0 Å². The highest BCUT2D eigenvalue weighted by molar-refractivity contribution is 7.51. The normalized spacial score (nSPS) is 8.14. The predicted octanol–water partition coefficient (Wildman–Crippen LogP) is -1.23. The van der Waals surface area contributed by atoms with Crippen LogP contribution in [-0.2, 0) is 23.1 Å². The molecule has 0 aliphatic rings. The lowest BCUT2D eigenvalue weighted by Crippen LogP contribution is -2.25. The summed E-state index contributed by atoms with van der Waals surface area (Å²) in [6.07, 6.45) is 0. The molecule has 0 unspecified atom stereocenters. The fourth-order valence-corrected chi connectivity index (χ4v) is 0.400. The number of rotatable bonds is 3. The van der Waals surface area contributed by atoms with E-state index in [0.29, 0.717) is 0 Å². The summed E-state index contributed by atoms with van der Waals surface area (Å²) in [6.45, 7) is 2.29. The van der Waals surface area contributed by atoms with Gasteiger partial charge in [-0.05, 0) is 28.2 Å². The number of hydrogen-bond acceptors (Lipinski definition) is 6. The maximum atomic E-state index is 8.29. The largest absolute Gasteiger partial charge is 0.335 e. The van der Waals surface area contributed by atoms with E-state index >= 15 is 0 Å². The van der Waals surface area contributed by atoms with Gasteiger partial charge in [0.2, 0.25) is 0 Å². The third-order valence-corrected chi connectivity index (χ3v) is 0.994. The summed E-state index contributed by atoms with van der Waals surface area (Å²) in [4.78, 5) is 4.36. The van der Waals surface area contributed by atoms with Crippen LogP contribution in [0.25, 0.3) is 0 Å². The van der Waals surface area contributed by atoms with E-state index in [2.05, 4.69) is 38.0 Å². The number of hydrogen-bond donors (Lipinski definition) is 0. The molecule has 86 valence electrons. The van der Waals surface area contributed by atoms with Crippen molar-refractivity contribution in [1.82, 2.24) is 9.80 Å². The van der Waals surface area contributed by atoms with Gasteiger partial charge in [0.05, 0.1) is 0 Å². The molecule has 0 rings (SSSR count). The second kappa shape index (κ2) is 18.4. The number of likely N-dealkylation sites (N-methyl/N-ethyl adjacent to an activating group) is 2. The lowest BCUT2D eigenvalue weighted by molar-refractivity contribution is 0.320. The first-order chi connectivity index (χ1) is 6.45. The van der Waals surface area contributed by atoms with E-state index in [1.54, 1.807) is 0 Å². The van der Waals surface area contributed by atoms with Crippen molar-refractivity contribution in [2.45, 2.75) is 0 Å². The molecule has 0 aliphatic heterocycles. The molecule has 0 heterocycles. The summed E-state index contributed by atoms with van der Waals surface area (Å²) >= 11 is -1.50. The maximum Gasteiger partial charge on any atom is 0.335 e. The van der Waals surface area contributed by atoms with Crippen molar-refractivity contribution in [2.75, 3.05) is 41.3 Å². The Morgan fingerprint density at radius 3 is 0.929 bits per heavy atom. The Morgan fingerprint density at radius 2 is 0.857 bits per heavy atom. The van der Waals surface area contributed by atoms with Gasteiger partial charge in [-0.1, -0.05) is 0 Å². The summed E-state index contributed by atoms with van der Waals surface area (Å²) in [5.74, 6) is 0. The van der Waals surface area contributed by atoms with Crippen molar-refractivity contribution in [3.05, 3.63) is 0 Å². The van der Waals surface area contributed by atoms with Crippen LogP contribution >= 0.6 is 0 Å². The van der Waals surface area contributed by atoms with Crippen molar-refractivity contribution < 1.29 is 16.8 Å². The van der Waals surface area contributed by atoms with Crippen molar-refractivity contribution in [3.8, 4) is 0 Å². The van der Waals surface area contributed by atoms with Crippen LogP contribution in [0.4, 0.5) is 0 Å². The molecule has 8 heteroatoms. The Hall–Kier alpha value is -0.440. The van der Waals surface area contributed by atoms with Crippen LogP contribution in [0.5, 0.6) is 0 Å². The highest BCUT2D eigenvalue weighted by Crippen LogP contribution is 1.76. The van der Waals surface area contributed by atoms with E-state index in [0.717, 1.165) is 13.1 Å². The highest BCUT2D eigenvalue weighted by atomic mass is 32.1. The fraction of sp³-hybridized carbons (Fsp3) is 1.00. The SMILES string of the molecule is CN(C)CCN(C)C.O=S=O.O=S=O. The molecule has 0 aliphatic carbocycles. The van der Waals surface area contributed by atoms with Crippen LogP contribution in [0, 0.1) is 0 Å². The van der Waals surface area contributed by atoms with Gasteiger partial charge in [0, 0.05) is 13.1 Å². The van der Waals surface area contributed by atoms with Gasteiger partial charge in [-0.3, -0.25) is 0 Å². The molecule has 0 radical (unpaired) electrons. The van der Waals surface area contributed by atoms with Crippen LogP contribution in [0.3, 0.4) is 0 Å². The third-order valence-electron chi connectivity index (χ3n) is 0.994. The molecule has 0 saturated heterocycles. The molecule has 0 amide bonds. The lowest BCUT2D eigenvalue weighted by atomic mass is 10.5. The van der Waals surface area contributed by atoms with Crippen molar-refractivity contribution in [3.63, 3.8) is 0 Å². The smallest absolute Gasteiger partial charge is 0.308 e. The third kappa shape index (κ3) is 62.0. The van der Waals surface area contributed by atoms with E-state index in [-0.39, 0.29) is 0 Å². The lowest BCUT2D eigenvalue weighted by Gasteiger charge is -2.13. The average Bonchev–Trinajstić information content (AvgIpc) is 2.04. The molecule has 0 atom stereocenters. The van der Waals surface area contributed by atoms with E-state index in [9.17, 15) is 0 Å². The van der Waals surface area contributed by atoms with Crippen LogP contribution in [0.1, 0.15) is 0 Å². The quantitative estimate of drug-likeness (QED) is 0.619. The summed E-state index contributed by atoms with van der Waals surface area (Å²) in [5, 5.41) is 0. The number of nitrogens with zero attached hydrogens (tertiary/aromatic N) is 2. The minimum absolute atomic E-state index is 0.750. The molecular weight excluding hydrogens is 228 g/mol. The van der Waals surface area contributed by atoms with Crippen LogP contribution in [0.15, 0.2) is 0 Å². The first-order valence-electron chi connectivity index (χ1n) is 3.59. The molecule has 14 heavy (non-hydrogen) atoms. The molecule has 0 aromatic rings. The molecular formula is C6H16N2O4S2. The molecule has 0 aromatic heterocycles. The summed E-state index contributed by atoms with van der Waals surface area (Å²) < 4.78 is 33.2. The molecule has 0 fully saturated rings. The zero-order valence-corrected chi connectivity index (χ0v) is 10.4. The molecule has 0 saturated carbocycles. The molecule has 0 bridgehead atoms. The van der Waals surface area contributed by atoms with Gasteiger partial charge in [-0.15, -0.1) is 0 Å². The van der Waals surface area contributed by atoms with E-state index in [1.807, 2.05) is 0 Å². The second-order valence-corrected chi connectivity index (χ2v) is 3.01. The van der Waals surface area contributed by atoms with E-state index in [4.69, 9.17) is 16.8 Å². The summed E-state index contributed by atoms with van der Waals surface area (Å²) in [6, 6.07) is 0. The Morgan fingerprint density at radius 1 is 0.714 bits per heavy atom. The summed E-state index contributed by atoms with van der Waals surface area (Å²) in [5.41, 5.74) is 0. The zero-order valence-electron chi connectivity index (χ0n) is 8.76. The van der Waals surface area contributed by atoms with Gasteiger partial charge in [-0.2, -0.15) is 16.8 Å². The summed E-state index contributed by atoms with van der Waals surface area (Å²) in [7, 11) is 8.35. The van der Waals surface area contributed by atoms with Gasteiger partial charge < -0.3 is 9.80 Å². The monoisotopic (exact) mass is 244 g/mol. The predicted molar refractivity (Wildman–Crippen MR) is 54.9 cm³/mol. The average molecular weight is 244 g/mol. The first kappa shape index (κ1) is 19.2. The fourth-order valence-electron chi connectivity index (χ4n) is 0.400. The topological polar surface area (TPSA) is 74.8 Å². The van der Waals surface area contributed by atoms with Crippen molar-refractivity contribution >= 4 is 23.1 Å². The van der Waals surface area contributed by atoms with Crippen LogP contribution in [-0.4, -0.2) is 67.9 Å². The standard InChI is InChI=1S/C6H16N2.2O2S/c1-7(2)5-6-8(3)4;2*1-3-2/h5-6H2,1-4H3;;. The Balaban J connectivity index is -0.000000168. The van der Waals surface area contributed by atoms with Crippen molar-refractivity contribution in [2.24, 2.45) is 0 Å². The molecule has 0 spiro atoms. The van der Waals surface area contributed by atoms with Crippen molar-refractivity contribution in [1.29, 1.82) is 0 Å². The first-order valence-corrected chi connectivity index (χ1v) is 4.92. The Labute approximate surface area is 91.5 Å². The minimum atomic E-state index is -0.750. The Bertz CT molecular complexity index is 155. The molecule has 6 nitrogen and oxygen atoms in total. The second-order valence-electron chi connectivity index (χ2n) is 2.74. The highest BCUT2D eigenvalue weighted by Gasteiger charge is 1.89. The van der Waals surface area contributed by atoms with Crippen LogP contribution in [0.2, 0.25) is 0 Å². The maximum absolute atomic E-state index is 8.29. The van der Waals surface area contributed by atoms with E-state index in [1.165, 1.54) is 0 Å². The van der Waals surface area contributed by atoms with E-state index < -0.39 is 23.1 Å². The molecule has 0 aromatic carbocycles.